The Morgan fingerprint density at radius 3 is 2.18 bits per heavy atom. The molecule has 1 saturated heterocycles. The van der Waals surface area contributed by atoms with Crippen molar-refractivity contribution >= 4 is 0 Å². The monoisotopic (exact) mass is 241 g/mol. The summed E-state index contributed by atoms with van der Waals surface area (Å²) in [5.41, 5.74) is 0. The van der Waals surface area contributed by atoms with Gasteiger partial charge in [-0.05, 0) is 26.8 Å². The number of nitrogens with one attached hydrogen (secondary N) is 1. The van der Waals surface area contributed by atoms with Gasteiger partial charge in [0.15, 0.2) is 0 Å². The summed E-state index contributed by atoms with van der Waals surface area (Å²) in [4.78, 5) is 5.21. The highest BCUT2D eigenvalue weighted by atomic mass is 15.3. The second kappa shape index (κ2) is 8.06. The fourth-order valence-corrected chi connectivity index (χ4v) is 2.67. The first-order chi connectivity index (χ1) is 8.17. The molecule has 0 bridgehead atoms. The Bertz CT molecular complexity index is 180. The van der Waals surface area contributed by atoms with E-state index in [2.05, 4.69) is 42.8 Å². The van der Waals surface area contributed by atoms with Gasteiger partial charge < -0.3 is 5.32 Å². The van der Waals surface area contributed by atoms with Crippen LogP contribution in [0.2, 0.25) is 0 Å². The van der Waals surface area contributed by atoms with Gasteiger partial charge in [0, 0.05) is 44.8 Å². The van der Waals surface area contributed by atoms with E-state index in [9.17, 15) is 0 Å². The fraction of sp³-hybridized carbons (Fsp3) is 1.00. The molecule has 3 heteroatoms. The van der Waals surface area contributed by atoms with Crippen LogP contribution in [-0.4, -0.2) is 61.2 Å². The molecule has 0 amide bonds. The molecule has 0 saturated carbocycles. The molecule has 3 nitrogen and oxygen atoms in total. The van der Waals surface area contributed by atoms with Gasteiger partial charge in [-0.1, -0.05) is 20.3 Å². The summed E-state index contributed by atoms with van der Waals surface area (Å²) in [5.74, 6) is 0. The first-order valence-electron chi connectivity index (χ1n) is 7.37. The lowest BCUT2D eigenvalue weighted by Gasteiger charge is -2.38. The van der Waals surface area contributed by atoms with Crippen LogP contribution >= 0.6 is 0 Å². The van der Waals surface area contributed by atoms with Gasteiger partial charge in [-0.25, -0.2) is 0 Å². The van der Waals surface area contributed by atoms with Crippen LogP contribution in [-0.2, 0) is 0 Å². The molecule has 0 radical (unpaired) electrons. The van der Waals surface area contributed by atoms with Crippen molar-refractivity contribution < 1.29 is 0 Å². The van der Waals surface area contributed by atoms with Gasteiger partial charge in [-0.3, -0.25) is 9.80 Å². The average molecular weight is 241 g/mol. The van der Waals surface area contributed by atoms with Gasteiger partial charge in [0.25, 0.3) is 0 Å². The first-order valence-corrected chi connectivity index (χ1v) is 7.37. The van der Waals surface area contributed by atoms with E-state index in [0.29, 0.717) is 12.1 Å². The van der Waals surface area contributed by atoms with Gasteiger partial charge >= 0.3 is 0 Å². The summed E-state index contributed by atoms with van der Waals surface area (Å²) in [6.07, 6.45) is 2.59. The molecular weight excluding hydrogens is 210 g/mol. The number of likely N-dealkylation sites (N-methyl/N-ethyl adjacent to an activating group) is 1. The number of rotatable bonds is 7. The third kappa shape index (κ3) is 5.36. The van der Waals surface area contributed by atoms with Crippen molar-refractivity contribution in [2.24, 2.45) is 0 Å². The van der Waals surface area contributed by atoms with Crippen LogP contribution in [0.1, 0.15) is 40.5 Å². The van der Waals surface area contributed by atoms with Gasteiger partial charge in [-0.15, -0.1) is 0 Å². The second-order valence-corrected chi connectivity index (χ2v) is 5.47. The summed E-state index contributed by atoms with van der Waals surface area (Å²) < 4.78 is 0. The highest BCUT2D eigenvalue weighted by Gasteiger charge is 2.20. The van der Waals surface area contributed by atoms with Gasteiger partial charge in [0.2, 0.25) is 0 Å². The molecule has 1 heterocycles. The van der Waals surface area contributed by atoms with E-state index in [1.54, 1.807) is 0 Å². The molecule has 0 aromatic carbocycles. The van der Waals surface area contributed by atoms with Gasteiger partial charge in [0.1, 0.15) is 0 Å². The van der Waals surface area contributed by atoms with Crippen molar-refractivity contribution in [2.75, 3.05) is 39.3 Å². The van der Waals surface area contributed by atoms with E-state index in [0.717, 1.165) is 6.54 Å². The molecule has 0 aromatic rings. The molecule has 1 atom stereocenters. The molecule has 0 spiro atoms. The maximum absolute atomic E-state index is 3.61. The first kappa shape index (κ1) is 14.9. The minimum Gasteiger partial charge on any atom is -0.313 e. The van der Waals surface area contributed by atoms with E-state index in [-0.39, 0.29) is 0 Å². The fourth-order valence-electron chi connectivity index (χ4n) is 2.67. The molecule has 1 unspecified atom stereocenters. The number of hydrogen-bond acceptors (Lipinski definition) is 3. The van der Waals surface area contributed by atoms with E-state index in [1.165, 1.54) is 45.6 Å². The molecule has 102 valence electrons. The summed E-state index contributed by atoms with van der Waals surface area (Å²) in [6, 6.07) is 1.40. The predicted molar refractivity (Wildman–Crippen MR) is 75.5 cm³/mol. The van der Waals surface area contributed by atoms with Crippen molar-refractivity contribution in [2.45, 2.75) is 52.6 Å². The molecule has 17 heavy (non-hydrogen) atoms. The van der Waals surface area contributed by atoms with Crippen LogP contribution in [0.25, 0.3) is 0 Å². The Kier molecular flexibility index (Phi) is 7.09. The lowest BCUT2D eigenvalue weighted by atomic mass is 10.1. The largest absolute Gasteiger partial charge is 0.313 e. The van der Waals surface area contributed by atoms with Crippen LogP contribution in [0.5, 0.6) is 0 Å². The molecule has 1 aliphatic rings. The van der Waals surface area contributed by atoms with E-state index < -0.39 is 0 Å². The average Bonchev–Trinajstić information content (AvgIpc) is 2.30. The maximum Gasteiger partial charge on any atom is 0.0194 e. The highest BCUT2D eigenvalue weighted by Crippen LogP contribution is 2.08. The summed E-state index contributed by atoms with van der Waals surface area (Å²) in [6.45, 7) is 16.4. The Hall–Kier alpha value is -0.120. The molecule has 1 fully saturated rings. The van der Waals surface area contributed by atoms with Gasteiger partial charge in [-0.2, -0.15) is 0 Å². The standard InChI is InChI=1S/C14H31N3/c1-5-7-14(15-6-2)12-16-8-10-17(11-9-16)13(3)4/h13-15H,5-12H2,1-4H3. The molecule has 1 rings (SSSR count). The van der Waals surface area contributed by atoms with Gasteiger partial charge in [0.05, 0.1) is 0 Å². The quantitative estimate of drug-likeness (QED) is 0.733. The predicted octanol–water partition coefficient (Wildman–Crippen LogP) is 1.79. The minimum absolute atomic E-state index is 0.690. The topological polar surface area (TPSA) is 18.5 Å². The normalized spacial score (nSPS) is 21.0. The van der Waals surface area contributed by atoms with Crippen molar-refractivity contribution in [3.05, 3.63) is 0 Å². The zero-order valence-electron chi connectivity index (χ0n) is 12.2. The van der Waals surface area contributed by atoms with E-state index in [1.807, 2.05) is 0 Å². The third-order valence-corrected chi connectivity index (χ3v) is 3.75. The van der Waals surface area contributed by atoms with Crippen LogP contribution in [0.15, 0.2) is 0 Å². The number of nitrogens with zero attached hydrogens (tertiary/aromatic N) is 2. The smallest absolute Gasteiger partial charge is 0.0194 e. The molecule has 1 N–H and O–H groups in total. The van der Waals surface area contributed by atoms with Crippen molar-refractivity contribution in [3.63, 3.8) is 0 Å². The Balaban J connectivity index is 2.27. The van der Waals surface area contributed by atoms with Crippen LogP contribution in [0.3, 0.4) is 0 Å². The van der Waals surface area contributed by atoms with Crippen molar-refractivity contribution in [1.29, 1.82) is 0 Å². The Labute approximate surface area is 108 Å². The third-order valence-electron chi connectivity index (χ3n) is 3.75. The molecule has 0 aromatic heterocycles. The zero-order chi connectivity index (χ0) is 12.7. The Morgan fingerprint density at radius 2 is 1.71 bits per heavy atom. The number of hydrogen-bond donors (Lipinski definition) is 1. The summed E-state index contributed by atoms with van der Waals surface area (Å²) >= 11 is 0. The SMILES string of the molecule is CCCC(CN1CCN(C(C)C)CC1)NCC. The number of piperazine rings is 1. The van der Waals surface area contributed by atoms with Crippen molar-refractivity contribution in [3.8, 4) is 0 Å². The minimum atomic E-state index is 0.690. The molecular formula is C14H31N3. The highest BCUT2D eigenvalue weighted by molar-refractivity contribution is 4.78. The van der Waals surface area contributed by atoms with Crippen LogP contribution < -0.4 is 5.32 Å². The maximum atomic E-state index is 3.61. The lowest BCUT2D eigenvalue weighted by molar-refractivity contribution is 0.100. The van der Waals surface area contributed by atoms with Crippen LogP contribution in [0, 0.1) is 0 Å². The van der Waals surface area contributed by atoms with Crippen molar-refractivity contribution in [1.82, 2.24) is 15.1 Å². The van der Waals surface area contributed by atoms with E-state index in [4.69, 9.17) is 0 Å². The zero-order valence-corrected chi connectivity index (χ0v) is 12.2. The summed E-state index contributed by atoms with van der Waals surface area (Å²) in [7, 11) is 0. The van der Waals surface area contributed by atoms with Crippen LogP contribution in [0.4, 0.5) is 0 Å². The molecule has 1 aliphatic heterocycles. The van der Waals surface area contributed by atoms with E-state index >= 15 is 0 Å². The Morgan fingerprint density at radius 1 is 1.06 bits per heavy atom. The second-order valence-electron chi connectivity index (χ2n) is 5.47. The lowest BCUT2D eigenvalue weighted by Crippen LogP contribution is -2.52. The molecule has 0 aliphatic carbocycles. The summed E-state index contributed by atoms with van der Waals surface area (Å²) in [5, 5.41) is 3.61.